The first kappa shape index (κ1) is 11.9. The van der Waals surface area contributed by atoms with Gasteiger partial charge in [0.25, 0.3) is 0 Å². The number of hydrogen-bond donors (Lipinski definition) is 3. The van der Waals surface area contributed by atoms with Gasteiger partial charge in [0.1, 0.15) is 0 Å². The highest BCUT2D eigenvalue weighted by Crippen LogP contribution is 1.93. The van der Waals surface area contributed by atoms with Crippen molar-refractivity contribution in [2.24, 2.45) is 5.92 Å². The second-order valence-electron chi connectivity index (χ2n) is 3.09. The van der Waals surface area contributed by atoms with E-state index in [9.17, 15) is 9.59 Å². The normalized spacial score (nSPS) is 12.6. The Morgan fingerprint density at radius 2 is 1.92 bits per heavy atom. The molecule has 0 aliphatic carbocycles. The first-order chi connectivity index (χ1) is 5.95. The molecule has 1 amide bonds. The molecule has 0 heterocycles. The molecule has 0 saturated carbocycles. The van der Waals surface area contributed by atoms with Crippen molar-refractivity contribution in [2.45, 2.75) is 26.4 Å². The Morgan fingerprint density at radius 3 is 2.31 bits per heavy atom. The van der Waals surface area contributed by atoms with E-state index in [1.807, 2.05) is 0 Å². The fourth-order valence-electron chi connectivity index (χ4n) is 0.660. The maximum Gasteiger partial charge on any atom is 0.332 e. The highest BCUT2D eigenvalue weighted by Gasteiger charge is 2.13. The Bertz CT molecular complexity index is 191. The minimum absolute atomic E-state index is 0.0355. The Hall–Kier alpha value is -1.10. The number of carboxylic acid groups (broad SMARTS) is 1. The number of aliphatic carboxylic acids is 1. The zero-order valence-electron chi connectivity index (χ0n) is 7.78. The van der Waals surface area contributed by atoms with Crippen LogP contribution in [0.1, 0.15) is 20.3 Å². The Morgan fingerprint density at radius 1 is 1.38 bits per heavy atom. The molecule has 0 radical (unpaired) electrons. The van der Waals surface area contributed by atoms with Crippen LogP contribution in [0.3, 0.4) is 0 Å². The van der Waals surface area contributed by atoms with Gasteiger partial charge in [-0.3, -0.25) is 4.79 Å². The fraction of sp³-hybridized carbons (Fsp3) is 0.750. The molecule has 0 saturated heterocycles. The minimum Gasteiger partial charge on any atom is -0.479 e. The van der Waals surface area contributed by atoms with E-state index in [2.05, 4.69) is 5.32 Å². The van der Waals surface area contributed by atoms with E-state index in [0.717, 1.165) is 0 Å². The maximum absolute atomic E-state index is 11.0. The van der Waals surface area contributed by atoms with Gasteiger partial charge in [-0.1, -0.05) is 13.8 Å². The molecule has 3 N–H and O–H groups in total. The number of rotatable bonds is 5. The van der Waals surface area contributed by atoms with Crippen LogP contribution < -0.4 is 5.32 Å². The van der Waals surface area contributed by atoms with Crippen LogP contribution in [-0.2, 0) is 9.59 Å². The monoisotopic (exact) mass is 189 g/mol. The van der Waals surface area contributed by atoms with Gasteiger partial charge in [-0.25, -0.2) is 4.79 Å². The summed E-state index contributed by atoms with van der Waals surface area (Å²) in [5.41, 5.74) is 0. The van der Waals surface area contributed by atoms with Gasteiger partial charge in [0, 0.05) is 18.9 Å². The highest BCUT2D eigenvalue weighted by molar-refractivity contribution is 5.78. The molecule has 0 aliphatic rings. The molecule has 0 rings (SSSR count). The predicted molar refractivity (Wildman–Crippen MR) is 46.1 cm³/mol. The Kier molecular flexibility index (Phi) is 5.06. The van der Waals surface area contributed by atoms with E-state index in [0.29, 0.717) is 0 Å². The molecule has 0 fully saturated rings. The van der Waals surface area contributed by atoms with E-state index in [-0.39, 0.29) is 24.8 Å². The number of aliphatic hydroxyl groups excluding tert-OH is 1. The van der Waals surface area contributed by atoms with Crippen molar-refractivity contribution < 1.29 is 19.8 Å². The molecular weight excluding hydrogens is 174 g/mol. The van der Waals surface area contributed by atoms with Gasteiger partial charge in [0.05, 0.1) is 0 Å². The van der Waals surface area contributed by atoms with Crippen LogP contribution in [0.25, 0.3) is 0 Å². The van der Waals surface area contributed by atoms with Gasteiger partial charge >= 0.3 is 5.97 Å². The van der Waals surface area contributed by atoms with Crippen LogP contribution in [0.15, 0.2) is 0 Å². The molecule has 0 aromatic heterocycles. The molecule has 0 aromatic carbocycles. The summed E-state index contributed by atoms with van der Waals surface area (Å²) >= 11 is 0. The summed E-state index contributed by atoms with van der Waals surface area (Å²) in [6.07, 6.45) is -1.36. The standard InChI is InChI=1S/C8H15NO4/c1-5(2)7(11)9-4-3-6(10)8(12)13/h5-6,10H,3-4H2,1-2H3,(H,9,11)(H,12,13). The topological polar surface area (TPSA) is 86.6 Å². The van der Waals surface area contributed by atoms with Gasteiger partial charge < -0.3 is 15.5 Å². The summed E-state index contributed by atoms with van der Waals surface area (Å²) in [6, 6.07) is 0. The van der Waals surface area contributed by atoms with E-state index in [4.69, 9.17) is 10.2 Å². The third-order valence-corrected chi connectivity index (χ3v) is 1.53. The fourth-order valence-corrected chi connectivity index (χ4v) is 0.660. The lowest BCUT2D eigenvalue weighted by atomic mass is 10.2. The molecule has 5 heteroatoms. The molecule has 0 aliphatic heterocycles. The Labute approximate surface area is 76.8 Å². The molecule has 0 bridgehead atoms. The maximum atomic E-state index is 11.0. The summed E-state index contributed by atoms with van der Waals surface area (Å²) in [4.78, 5) is 21.1. The smallest absolute Gasteiger partial charge is 0.332 e. The van der Waals surface area contributed by atoms with Crippen LogP contribution in [0, 0.1) is 5.92 Å². The van der Waals surface area contributed by atoms with Crippen molar-refractivity contribution in [3.8, 4) is 0 Å². The summed E-state index contributed by atoms with van der Waals surface area (Å²) in [5, 5.41) is 19.6. The average Bonchev–Trinajstić information content (AvgIpc) is 2.03. The van der Waals surface area contributed by atoms with Gasteiger partial charge in [-0.05, 0) is 0 Å². The van der Waals surface area contributed by atoms with Crippen molar-refractivity contribution in [3.63, 3.8) is 0 Å². The SMILES string of the molecule is CC(C)C(=O)NCCC(O)C(=O)O. The summed E-state index contributed by atoms with van der Waals surface area (Å²) in [5.74, 6) is -1.53. The lowest BCUT2D eigenvalue weighted by molar-refractivity contribution is -0.147. The van der Waals surface area contributed by atoms with Crippen molar-refractivity contribution in [1.29, 1.82) is 0 Å². The number of nitrogens with one attached hydrogen (secondary N) is 1. The number of aliphatic hydroxyl groups is 1. The van der Waals surface area contributed by atoms with E-state index in [1.54, 1.807) is 13.8 Å². The summed E-state index contributed by atoms with van der Waals surface area (Å²) in [7, 11) is 0. The van der Waals surface area contributed by atoms with Crippen LogP contribution in [0.5, 0.6) is 0 Å². The largest absolute Gasteiger partial charge is 0.479 e. The van der Waals surface area contributed by atoms with Crippen LogP contribution in [0.2, 0.25) is 0 Å². The van der Waals surface area contributed by atoms with Crippen molar-refractivity contribution >= 4 is 11.9 Å². The van der Waals surface area contributed by atoms with Crippen LogP contribution >= 0.6 is 0 Å². The zero-order valence-corrected chi connectivity index (χ0v) is 7.78. The Balaban J connectivity index is 3.56. The van der Waals surface area contributed by atoms with E-state index >= 15 is 0 Å². The summed E-state index contributed by atoms with van der Waals surface area (Å²) < 4.78 is 0. The average molecular weight is 189 g/mol. The third-order valence-electron chi connectivity index (χ3n) is 1.53. The third kappa shape index (κ3) is 5.19. The second kappa shape index (κ2) is 5.53. The lowest BCUT2D eigenvalue weighted by Gasteiger charge is -2.08. The predicted octanol–water partition coefficient (Wildman–Crippen LogP) is -0.406. The number of hydrogen-bond acceptors (Lipinski definition) is 3. The molecule has 0 spiro atoms. The van der Waals surface area contributed by atoms with Crippen LogP contribution in [-0.4, -0.2) is 34.7 Å². The molecule has 0 aromatic rings. The first-order valence-electron chi connectivity index (χ1n) is 4.13. The number of carbonyl (C=O) groups excluding carboxylic acids is 1. The number of carboxylic acids is 1. The van der Waals surface area contributed by atoms with Crippen molar-refractivity contribution in [1.82, 2.24) is 5.32 Å². The highest BCUT2D eigenvalue weighted by atomic mass is 16.4. The zero-order chi connectivity index (χ0) is 10.4. The quantitative estimate of drug-likeness (QED) is 0.549. The van der Waals surface area contributed by atoms with Crippen molar-refractivity contribution in [3.05, 3.63) is 0 Å². The lowest BCUT2D eigenvalue weighted by Crippen LogP contribution is -2.32. The number of amides is 1. The molecular formula is C8H15NO4. The van der Waals surface area contributed by atoms with Gasteiger partial charge in [-0.2, -0.15) is 0 Å². The number of carbonyl (C=O) groups is 2. The van der Waals surface area contributed by atoms with Gasteiger partial charge in [-0.15, -0.1) is 0 Å². The van der Waals surface area contributed by atoms with Crippen molar-refractivity contribution in [2.75, 3.05) is 6.54 Å². The molecule has 1 unspecified atom stereocenters. The van der Waals surface area contributed by atoms with Gasteiger partial charge in [0.15, 0.2) is 6.10 Å². The molecule has 5 nitrogen and oxygen atoms in total. The van der Waals surface area contributed by atoms with Gasteiger partial charge in [0.2, 0.25) is 5.91 Å². The molecule has 13 heavy (non-hydrogen) atoms. The summed E-state index contributed by atoms with van der Waals surface area (Å²) in [6.45, 7) is 3.66. The molecule has 76 valence electrons. The van der Waals surface area contributed by atoms with E-state index in [1.165, 1.54) is 0 Å². The first-order valence-corrected chi connectivity index (χ1v) is 4.13. The van der Waals surface area contributed by atoms with E-state index < -0.39 is 12.1 Å². The molecule has 1 atom stereocenters. The van der Waals surface area contributed by atoms with Crippen LogP contribution in [0.4, 0.5) is 0 Å². The minimum atomic E-state index is -1.40. The second-order valence-corrected chi connectivity index (χ2v) is 3.09.